The van der Waals surface area contributed by atoms with E-state index in [0.29, 0.717) is 5.82 Å². The van der Waals surface area contributed by atoms with Crippen molar-refractivity contribution in [1.29, 1.82) is 0 Å². The Morgan fingerprint density at radius 2 is 2.22 bits per heavy atom. The van der Waals surface area contributed by atoms with Crippen molar-refractivity contribution >= 4 is 17.0 Å². The van der Waals surface area contributed by atoms with Gasteiger partial charge in [-0.3, -0.25) is 0 Å². The summed E-state index contributed by atoms with van der Waals surface area (Å²) >= 11 is 0. The second-order valence-corrected chi connectivity index (χ2v) is 3.69. The summed E-state index contributed by atoms with van der Waals surface area (Å²) in [4.78, 5) is 18.7. The summed E-state index contributed by atoms with van der Waals surface area (Å²) in [6, 6.07) is 7.68. The van der Waals surface area contributed by atoms with Gasteiger partial charge < -0.3 is 9.72 Å². The summed E-state index contributed by atoms with van der Waals surface area (Å²) < 4.78 is 5.05. The number of hydrogen-bond donors (Lipinski definition) is 1. The van der Waals surface area contributed by atoms with Crippen LogP contribution in [0.2, 0.25) is 0 Å². The van der Waals surface area contributed by atoms with Gasteiger partial charge in [0.15, 0.2) is 0 Å². The number of benzene rings is 1. The highest BCUT2D eigenvalue weighted by Gasteiger charge is 2.03. The summed E-state index contributed by atoms with van der Waals surface area (Å²) in [6.07, 6.45) is 6.62. The lowest BCUT2D eigenvalue weighted by molar-refractivity contribution is -0.139. The van der Waals surface area contributed by atoms with E-state index < -0.39 is 0 Å². The van der Waals surface area contributed by atoms with Gasteiger partial charge in [-0.05, 0) is 19.1 Å². The van der Waals surface area contributed by atoms with Crippen molar-refractivity contribution in [2.24, 2.45) is 0 Å². The average molecular weight is 242 g/mol. The molecule has 0 amide bonds. The molecular weight excluding hydrogens is 228 g/mol. The summed E-state index contributed by atoms with van der Waals surface area (Å²) in [6.45, 7) is 2.03. The largest absolute Gasteiger partial charge is 0.454 e. The molecule has 0 saturated heterocycles. The van der Waals surface area contributed by atoms with Gasteiger partial charge in [0.2, 0.25) is 0 Å². The number of allylic oxidation sites excluding steroid dienone is 3. The Labute approximate surface area is 105 Å². The molecule has 1 N–H and O–H groups in total. The highest BCUT2D eigenvalue weighted by atomic mass is 16.5. The molecule has 1 aromatic heterocycles. The molecule has 0 fully saturated rings. The van der Waals surface area contributed by atoms with Crippen molar-refractivity contribution in [2.75, 3.05) is 0 Å². The molecular formula is C14H14N2O2. The minimum atomic E-state index is -0.381. The minimum absolute atomic E-state index is 0.147. The normalized spacial score (nSPS) is 11.6. The number of nitrogens with one attached hydrogen (secondary N) is 1. The predicted octanol–water partition coefficient (Wildman–Crippen LogP) is 2.74. The van der Waals surface area contributed by atoms with E-state index >= 15 is 0 Å². The summed E-state index contributed by atoms with van der Waals surface area (Å²) in [5, 5.41) is 0. The first-order valence-electron chi connectivity index (χ1n) is 5.69. The highest BCUT2D eigenvalue weighted by molar-refractivity contribution is 5.82. The van der Waals surface area contributed by atoms with E-state index in [0.717, 1.165) is 11.0 Å². The van der Waals surface area contributed by atoms with Crippen LogP contribution in [0.5, 0.6) is 0 Å². The smallest absolute Gasteiger partial charge is 0.331 e. The van der Waals surface area contributed by atoms with E-state index in [1.807, 2.05) is 37.3 Å². The number of imidazole rings is 1. The minimum Gasteiger partial charge on any atom is -0.454 e. The number of carbonyl (C=O) groups is 1. The number of rotatable bonds is 4. The zero-order chi connectivity index (χ0) is 12.8. The standard InChI is InChI=1S/C14H14N2O2/c1-2-3-4-9-14(17)18-10-13-15-11-7-5-6-8-12(11)16-13/h2-9H,10H2,1H3,(H,15,16)/b3-2+,9-4+. The van der Waals surface area contributed by atoms with Crippen LogP contribution in [0, 0.1) is 0 Å². The van der Waals surface area contributed by atoms with Gasteiger partial charge in [0.05, 0.1) is 11.0 Å². The Morgan fingerprint density at radius 1 is 1.39 bits per heavy atom. The number of para-hydroxylation sites is 2. The summed E-state index contributed by atoms with van der Waals surface area (Å²) in [7, 11) is 0. The van der Waals surface area contributed by atoms with Crippen LogP contribution in [0.15, 0.2) is 48.6 Å². The number of carbonyl (C=O) groups excluding carboxylic acids is 1. The van der Waals surface area contributed by atoms with Crippen molar-refractivity contribution in [1.82, 2.24) is 9.97 Å². The lowest BCUT2D eigenvalue weighted by Crippen LogP contribution is -2.01. The number of nitrogens with zero attached hydrogens (tertiary/aromatic N) is 1. The number of esters is 1. The van der Waals surface area contributed by atoms with Gasteiger partial charge in [0.1, 0.15) is 12.4 Å². The third-order valence-electron chi connectivity index (χ3n) is 2.33. The van der Waals surface area contributed by atoms with E-state index in [-0.39, 0.29) is 12.6 Å². The van der Waals surface area contributed by atoms with Gasteiger partial charge in [0, 0.05) is 6.08 Å². The first-order chi connectivity index (χ1) is 8.79. The maximum absolute atomic E-state index is 11.3. The summed E-state index contributed by atoms with van der Waals surface area (Å²) in [5.74, 6) is 0.262. The van der Waals surface area contributed by atoms with E-state index in [4.69, 9.17) is 4.74 Å². The van der Waals surface area contributed by atoms with E-state index in [2.05, 4.69) is 9.97 Å². The fourth-order valence-electron chi connectivity index (χ4n) is 1.51. The van der Waals surface area contributed by atoms with Crippen molar-refractivity contribution in [3.05, 3.63) is 54.4 Å². The van der Waals surface area contributed by atoms with Crippen LogP contribution in [0.1, 0.15) is 12.7 Å². The van der Waals surface area contributed by atoms with Crippen LogP contribution in [-0.2, 0) is 16.1 Å². The molecule has 0 atom stereocenters. The zero-order valence-electron chi connectivity index (χ0n) is 10.1. The quantitative estimate of drug-likeness (QED) is 0.509. The van der Waals surface area contributed by atoms with Gasteiger partial charge in [-0.25, -0.2) is 9.78 Å². The Hall–Kier alpha value is -2.36. The molecule has 1 aromatic carbocycles. The third kappa shape index (κ3) is 3.07. The van der Waals surface area contributed by atoms with Gasteiger partial charge in [-0.1, -0.05) is 30.4 Å². The molecule has 0 aliphatic rings. The first-order valence-corrected chi connectivity index (χ1v) is 5.69. The molecule has 0 saturated carbocycles. The molecule has 92 valence electrons. The Morgan fingerprint density at radius 3 is 3.00 bits per heavy atom. The number of fused-ring (bicyclic) bond motifs is 1. The molecule has 1 heterocycles. The molecule has 0 aliphatic heterocycles. The van der Waals surface area contributed by atoms with Crippen molar-refractivity contribution in [2.45, 2.75) is 13.5 Å². The molecule has 0 unspecified atom stereocenters. The Bertz CT molecular complexity index is 564. The lowest BCUT2D eigenvalue weighted by Gasteiger charge is -1.97. The van der Waals surface area contributed by atoms with Crippen molar-refractivity contribution in [3.8, 4) is 0 Å². The van der Waals surface area contributed by atoms with Crippen LogP contribution < -0.4 is 0 Å². The second-order valence-electron chi connectivity index (χ2n) is 3.69. The summed E-state index contributed by atoms with van der Waals surface area (Å²) in [5.41, 5.74) is 1.81. The number of aromatic amines is 1. The third-order valence-corrected chi connectivity index (χ3v) is 2.33. The van der Waals surface area contributed by atoms with Gasteiger partial charge in [0.25, 0.3) is 0 Å². The van der Waals surface area contributed by atoms with Gasteiger partial charge in [-0.2, -0.15) is 0 Å². The number of hydrogen-bond acceptors (Lipinski definition) is 3. The van der Waals surface area contributed by atoms with Crippen molar-refractivity contribution in [3.63, 3.8) is 0 Å². The fourth-order valence-corrected chi connectivity index (χ4v) is 1.51. The van der Waals surface area contributed by atoms with E-state index in [1.165, 1.54) is 6.08 Å². The van der Waals surface area contributed by atoms with Gasteiger partial charge >= 0.3 is 5.97 Å². The topological polar surface area (TPSA) is 55.0 Å². The Kier molecular flexibility index (Phi) is 3.91. The average Bonchev–Trinajstić information content (AvgIpc) is 2.79. The number of H-pyrrole nitrogens is 1. The highest BCUT2D eigenvalue weighted by Crippen LogP contribution is 2.10. The number of aromatic nitrogens is 2. The molecule has 0 spiro atoms. The zero-order valence-corrected chi connectivity index (χ0v) is 10.1. The van der Waals surface area contributed by atoms with Crippen LogP contribution in [0.3, 0.4) is 0 Å². The second kappa shape index (κ2) is 5.82. The predicted molar refractivity (Wildman–Crippen MR) is 69.8 cm³/mol. The molecule has 0 radical (unpaired) electrons. The van der Waals surface area contributed by atoms with E-state index in [1.54, 1.807) is 12.2 Å². The van der Waals surface area contributed by atoms with Crippen molar-refractivity contribution < 1.29 is 9.53 Å². The molecule has 0 bridgehead atoms. The monoisotopic (exact) mass is 242 g/mol. The van der Waals surface area contributed by atoms with Gasteiger partial charge in [-0.15, -0.1) is 0 Å². The SMILES string of the molecule is C/C=C/C=C/C(=O)OCc1nc2ccccc2[nH]1. The molecule has 4 heteroatoms. The fraction of sp³-hybridized carbons (Fsp3) is 0.143. The number of ether oxygens (including phenoxy) is 1. The van der Waals surface area contributed by atoms with Crippen LogP contribution in [-0.4, -0.2) is 15.9 Å². The maximum Gasteiger partial charge on any atom is 0.331 e. The maximum atomic E-state index is 11.3. The molecule has 2 rings (SSSR count). The van der Waals surface area contributed by atoms with E-state index in [9.17, 15) is 4.79 Å². The lowest BCUT2D eigenvalue weighted by atomic mass is 10.3. The Balaban J connectivity index is 1.95. The van der Waals surface area contributed by atoms with Crippen LogP contribution >= 0.6 is 0 Å². The molecule has 4 nitrogen and oxygen atoms in total. The molecule has 2 aromatic rings. The van der Waals surface area contributed by atoms with Crippen LogP contribution in [0.4, 0.5) is 0 Å². The van der Waals surface area contributed by atoms with Crippen LogP contribution in [0.25, 0.3) is 11.0 Å². The molecule has 0 aliphatic carbocycles. The molecule has 18 heavy (non-hydrogen) atoms. The first kappa shape index (κ1) is 12.1.